The van der Waals surface area contributed by atoms with Gasteiger partial charge in [-0.3, -0.25) is 0 Å². The molecular weight excluding hydrogens is 258 g/mol. The van der Waals surface area contributed by atoms with Crippen LogP contribution in [-0.4, -0.2) is 25.8 Å². The average molecular weight is 276 g/mol. The fourth-order valence-electron chi connectivity index (χ4n) is 1.66. The van der Waals surface area contributed by atoms with Crippen molar-refractivity contribution in [2.24, 2.45) is 0 Å². The fourth-order valence-corrected chi connectivity index (χ4v) is 3.46. The lowest BCUT2D eigenvalue weighted by Gasteiger charge is -2.19. The van der Waals surface area contributed by atoms with Gasteiger partial charge >= 0.3 is 0 Å². The molecule has 0 spiro atoms. The first kappa shape index (κ1) is 14.5. The summed E-state index contributed by atoms with van der Waals surface area (Å²) in [5, 5.41) is 0. The Morgan fingerprint density at radius 1 is 1.24 bits per heavy atom. The molecule has 0 saturated heterocycles. The Labute approximate surface area is 108 Å². The number of benzene rings is 1. The number of hydrogen-bond acceptors (Lipinski definition) is 2. The van der Waals surface area contributed by atoms with Crippen LogP contribution >= 0.6 is 11.6 Å². The van der Waals surface area contributed by atoms with E-state index >= 15 is 0 Å². The summed E-state index contributed by atoms with van der Waals surface area (Å²) in [6, 6.07) is 5.10. The molecule has 0 bridgehead atoms. The quantitative estimate of drug-likeness (QED) is 0.775. The SMILES string of the molecule is CCN(CC)S(=O)(=O)c1ccc(C)c(CCl)c1. The second-order valence-corrected chi connectivity index (χ2v) is 6.02. The summed E-state index contributed by atoms with van der Waals surface area (Å²) < 4.78 is 26.0. The van der Waals surface area contributed by atoms with Gasteiger partial charge < -0.3 is 0 Å². The smallest absolute Gasteiger partial charge is 0.207 e. The van der Waals surface area contributed by atoms with Crippen molar-refractivity contribution in [1.29, 1.82) is 0 Å². The van der Waals surface area contributed by atoms with Crippen LogP contribution in [-0.2, 0) is 15.9 Å². The van der Waals surface area contributed by atoms with Gasteiger partial charge in [-0.25, -0.2) is 8.42 Å². The highest BCUT2D eigenvalue weighted by atomic mass is 35.5. The van der Waals surface area contributed by atoms with Crippen LogP contribution in [0.4, 0.5) is 0 Å². The zero-order chi connectivity index (χ0) is 13.1. The molecule has 1 aromatic rings. The first-order valence-corrected chi connectivity index (χ1v) is 7.60. The van der Waals surface area contributed by atoms with Crippen LogP contribution < -0.4 is 0 Å². The Balaban J connectivity index is 3.24. The molecule has 0 aliphatic carbocycles. The molecule has 0 N–H and O–H groups in total. The van der Waals surface area contributed by atoms with Gasteiger partial charge in [-0.2, -0.15) is 4.31 Å². The standard InChI is InChI=1S/C12H18ClNO2S/c1-4-14(5-2)17(15,16)12-7-6-10(3)11(8-12)9-13/h6-8H,4-5,9H2,1-3H3. The van der Waals surface area contributed by atoms with Crippen molar-refractivity contribution in [2.45, 2.75) is 31.5 Å². The highest BCUT2D eigenvalue weighted by Gasteiger charge is 2.21. The van der Waals surface area contributed by atoms with E-state index in [-0.39, 0.29) is 0 Å². The molecule has 0 saturated carbocycles. The van der Waals surface area contributed by atoms with E-state index in [4.69, 9.17) is 11.6 Å². The minimum atomic E-state index is -3.38. The summed E-state index contributed by atoms with van der Waals surface area (Å²) in [4.78, 5) is 0.322. The number of rotatable bonds is 5. The second kappa shape index (κ2) is 5.85. The third kappa shape index (κ3) is 3.00. The molecule has 0 unspecified atom stereocenters. The lowest BCUT2D eigenvalue weighted by molar-refractivity contribution is 0.445. The number of aryl methyl sites for hydroxylation is 1. The van der Waals surface area contributed by atoms with E-state index in [2.05, 4.69) is 0 Å². The van der Waals surface area contributed by atoms with Crippen LogP contribution in [0.2, 0.25) is 0 Å². The summed E-state index contributed by atoms with van der Waals surface area (Å²) in [5.74, 6) is 0.327. The van der Waals surface area contributed by atoms with Gasteiger partial charge in [-0.1, -0.05) is 19.9 Å². The zero-order valence-corrected chi connectivity index (χ0v) is 12.0. The van der Waals surface area contributed by atoms with Crippen molar-refractivity contribution in [3.05, 3.63) is 29.3 Å². The average Bonchev–Trinajstić information content (AvgIpc) is 2.30. The van der Waals surface area contributed by atoms with Crippen LogP contribution in [0.15, 0.2) is 23.1 Å². The normalized spacial score (nSPS) is 12.1. The molecule has 0 radical (unpaired) electrons. The van der Waals surface area contributed by atoms with Crippen LogP contribution in [0.5, 0.6) is 0 Å². The first-order chi connectivity index (χ1) is 7.97. The molecule has 0 heterocycles. The molecule has 96 valence electrons. The van der Waals surface area contributed by atoms with E-state index in [1.807, 2.05) is 20.8 Å². The molecule has 0 fully saturated rings. The maximum atomic E-state index is 12.3. The molecule has 3 nitrogen and oxygen atoms in total. The number of sulfonamides is 1. The summed E-state index contributed by atoms with van der Waals surface area (Å²) >= 11 is 5.79. The first-order valence-electron chi connectivity index (χ1n) is 5.63. The van der Waals surface area contributed by atoms with E-state index < -0.39 is 10.0 Å². The van der Waals surface area contributed by atoms with Gasteiger partial charge in [0, 0.05) is 19.0 Å². The summed E-state index contributed by atoms with van der Waals surface area (Å²) in [6.07, 6.45) is 0. The van der Waals surface area contributed by atoms with Gasteiger partial charge in [-0.15, -0.1) is 11.6 Å². The molecule has 0 aromatic heterocycles. The van der Waals surface area contributed by atoms with Crippen molar-refractivity contribution < 1.29 is 8.42 Å². The topological polar surface area (TPSA) is 37.4 Å². The van der Waals surface area contributed by atoms with E-state index in [0.717, 1.165) is 11.1 Å². The van der Waals surface area contributed by atoms with Gasteiger partial charge in [0.15, 0.2) is 0 Å². The third-order valence-electron chi connectivity index (χ3n) is 2.81. The molecule has 0 aliphatic rings. The van der Waals surface area contributed by atoms with Crippen molar-refractivity contribution in [2.75, 3.05) is 13.1 Å². The fraction of sp³-hybridized carbons (Fsp3) is 0.500. The summed E-state index contributed by atoms with van der Waals surface area (Å²) in [6.45, 7) is 6.53. The van der Waals surface area contributed by atoms with Crippen LogP contribution in [0.3, 0.4) is 0 Å². The minimum absolute atomic E-state index is 0.322. The lowest BCUT2D eigenvalue weighted by Crippen LogP contribution is -2.30. The molecule has 1 rings (SSSR count). The van der Waals surface area contributed by atoms with Crippen molar-refractivity contribution in [1.82, 2.24) is 4.31 Å². The van der Waals surface area contributed by atoms with Crippen LogP contribution in [0, 0.1) is 6.92 Å². The van der Waals surface area contributed by atoms with E-state index in [1.54, 1.807) is 18.2 Å². The van der Waals surface area contributed by atoms with Crippen LogP contribution in [0.25, 0.3) is 0 Å². The van der Waals surface area contributed by atoms with Crippen molar-refractivity contribution >= 4 is 21.6 Å². The maximum Gasteiger partial charge on any atom is 0.243 e. The van der Waals surface area contributed by atoms with Gasteiger partial charge in [0.2, 0.25) is 10.0 Å². The number of nitrogens with zero attached hydrogens (tertiary/aromatic N) is 1. The summed E-state index contributed by atoms with van der Waals surface area (Å²) in [7, 11) is -3.38. The second-order valence-electron chi connectivity index (χ2n) is 3.81. The molecular formula is C12H18ClNO2S. The molecule has 0 aliphatic heterocycles. The predicted molar refractivity (Wildman–Crippen MR) is 70.8 cm³/mol. The molecule has 1 aromatic carbocycles. The highest BCUT2D eigenvalue weighted by molar-refractivity contribution is 7.89. The Hall–Kier alpha value is -0.580. The van der Waals surface area contributed by atoms with E-state index in [9.17, 15) is 8.42 Å². The number of halogens is 1. The number of hydrogen-bond donors (Lipinski definition) is 0. The third-order valence-corrected chi connectivity index (χ3v) is 5.14. The largest absolute Gasteiger partial charge is 0.243 e. The molecule has 17 heavy (non-hydrogen) atoms. The summed E-state index contributed by atoms with van der Waals surface area (Å²) in [5.41, 5.74) is 1.87. The molecule has 5 heteroatoms. The molecule has 0 atom stereocenters. The van der Waals surface area contributed by atoms with Gasteiger partial charge in [-0.05, 0) is 30.2 Å². The highest BCUT2D eigenvalue weighted by Crippen LogP contribution is 2.20. The number of alkyl halides is 1. The van der Waals surface area contributed by atoms with Gasteiger partial charge in [0.1, 0.15) is 0 Å². The Kier molecular flexibility index (Phi) is 4.98. The van der Waals surface area contributed by atoms with E-state index in [0.29, 0.717) is 23.9 Å². The lowest BCUT2D eigenvalue weighted by atomic mass is 10.1. The van der Waals surface area contributed by atoms with E-state index in [1.165, 1.54) is 4.31 Å². The van der Waals surface area contributed by atoms with Crippen LogP contribution in [0.1, 0.15) is 25.0 Å². The predicted octanol–water partition coefficient (Wildman–Crippen LogP) is 2.76. The monoisotopic (exact) mass is 275 g/mol. The maximum absolute atomic E-state index is 12.3. The zero-order valence-electron chi connectivity index (χ0n) is 10.4. The Bertz CT molecular complexity index is 481. The van der Waals surface area contributed by atoms with Crippen molar-refractivity contribution in [3.63, 3.8) is 0 Å². The van der Waals surface area contributed by atoms with Crippen molar-refractivity contribution in [3.8, 4) is 0 Å². The van der Waals surface area contributed by atoms with Gasteiger partial charge in [0.05, 0.1) is 4.90 Å². The molecule has 0 amide bonds. The Morgan fingerprint density at radius 2 is 1.82 bits per heavy atom. The van der Waals surface area contributed by atoms with Gasteiger partial charge in [0.25, 0.3) is 0 Å². The minimum Gasteiger partial charge on any atom is -0.207 e. The Morgan fingerprint density at radius 3 is 2.29 bits per heavy atom.